The van der Waals surface area contributed by atoms with Crippen molar-refractivity contribution in [1.29, 1.82) is 0 Å². The summed E-state index contributed by atoms with van der Waals surface area (Å²) in [5.74, 6) is 3.12. The van der Waals surface area contributed by atoms with Crippen LogP contribution < -0.4 is 5.73 Å². The third-order valence-corrected chi connectivity index (χ3v) is 7.14. The Kier molecular flexibility index (Phi) is 2.44. The number of hydrogen-bond donors (Lipinski definition) is 1. The molecule has 0 saturated heterocycles. The second kappa shape index (κ2) is 3.83. The van der Waals surface area contributed by atoms with Crippen molar-refractivity contribution in [3.8, 4) is 0 Å². The third kappa shape index (κ3) is 1.55. The number of thiophene rings is 1. The first kappa shape index (κ1) is 11.5. The van der Waals surface area contributed by atoms with Gasteiger partial charge in [0.05, 0.1) is 0 Å². The van der Waals surface area contributed by atoms with Crippen molar-refractivity contribution in [2.45, 2.75) is 57.4 Å². The van der Waals surface area contributed by atoms with E-state index in [-0.39, 0.29) is 0 Å². The van der Waals surface area contributed by atoms with Gasteiger partial charge in [0, 0.05) is 21.7 Å². The van der Waals surface area contributed by atoms with Crippen LogP contribution in [0.15, 0.2) is 6.07 Å². The van der Waals surface area contributed by atoms with Gasteiger partial charge in [-0.25, -0.2) is 0 Å². The van der Waals surface area contributed by atoms with Gasteiger partial charge in [-0.3, -0.25) is 0 Å². The molecule has 2 N–H and O–H groups in total. The van der Waals surface area contributed by atoms with Crippen LogP contribution >= 0.6 is 11.3 Å². The van der Waals surface area contributed by atoms with Crippen LogP contribution in [0.1, 0.15) is 53.8 Å². The zero-order valence-corrected chi connectivity index (χ0v) is 12.1. The van der Waals surface area contributed by atoms with Crippen LogP contribution in [0.3, 0.4) is 0 Å². The topological polar surface area (TPSA) is 26.0 Å². The van der Waals surface area contributed by atoms with Crippen molar-refractivity contribution in [3.05, 3.63) is 21.4 Å². The van der Waals surface area contributed by atoms with Gasteiger partial charge in [0.1, 0.15) is 0 Å². The molecule has 0 spiro atoms. The Morgan fingerprint density at radius 2 is 1.72 bits per heavy atom. The molecule has 0 unspecified atom stereocenters. The smallest absolute Gasteiger partial charge is 0.0189 e. The molecule has 4 fully saturated rings. The highest BCUT2D eigenvalue weighted by molar-refractivity contribution is 7.12. The molecule has 0 amide bonds. The van der Waals surface area contributed by atoms with Crippen LogP contribution in [0.25, 0.3) is 0 Å². The molecule has 4 saturated carbocycles. The molecule has 0 radical (unpaired) electrons. The lowest BCUT2D eigenvalue weighted by atomic mass is 9.49. The Hall–Kier alpha value is -0.340. The van der Waals surface area contributed by atoms with Crippen LogP contribution in [0.4, 0.5) is 0 Å². The minimum Gasteiger partial charge on any atom is -0.326 e. The SMILES string of the molecule is Cc1sc(C23CC4CC(CC(C4)C2)C3)cc1CN. The van der Waals surface area contributed by atoms with E-state index in [0.717, 1.165) is 17.8 Å². The lowest BCUT2D eigenvalue weighted by Crippen LogP contribution is -2.48. The molecule has 1 heterocycles. The lowest BCUT2D eigenvalue weighted by molar-refractivity contribution is -0.00348. The molecule has 4 bridgehead atoms. The van der Waals surface area contributed by atoms with Crippen molar-refractivity contribution >= 4 is 11.3 Å². The minimum atomic E-state index is 0.567. The quantitative estimate of drug-likeness (QED) is 0.856. The van der Waals surface area contributed by atoms with E-state index in [1.165, 1.54) is 49.0 Å². The summed E-state index contributed by atoms with van der Waals surface area (Å²) in [4.78, 5) is 3.14. The number of rotatable bonds is 2. The Labute approximate surface area is 114 Å². The second-order valence-electron chi connectivity index (χ2n) is 7.09. The highest BCUT2D eigenvalue weighted by Crippen LogP contribution is 2.61. The largest absolute Gasteiger partial charge is 0.326 e. The van der Waals surface area contributed by atoms with Crippen LogP contribution in [-0.2, 0) is 12.0 Å². The minimum absolute atomic E-state index is 0.567. The lowest BCUT2D eigenvalue weighted by Gasteiger charge is -2.56. The standard InChI is InChI=1S/C16H23NS/c1-10-14(9-17)5-15(18-10)16-6-11-2-12(7-16)4-13(3-11)8-16/h5,11-13H,2-4,6-9,17H2,1H3. The Morgan fingerprint density at radius 1 is 1.17 bits per heavy atom. The first-order valence-electron chi connectivity index (χ1n) is 7.48. The van der Waals surface area contributed by atoms with E-state index in [0.29, 0.717) is 12.0 Å². The fourth-order valence-electron chi connectivity index (χ4n) is 5.40. The highest BCUT2D eigenvalue weighted by Gasteiger charge is 2.52. The average Bonchev–Trinajstić information content (AvgIpc) is 2.69. The Balaban J connectivity index is 1.74. The highest BCUT2D eigenvalue weighted by atomic mass is 32.1. The Bertz CT molecular complexity index is 438. The number of hydrogen-bond acceptors (Lipinski definition) is 2. The predicted octanol–water partition coefficient (Wildman–Crippen LogP) is 3.98. The van der Waals surface area contributed by atoms with Gasteiger partial charge in [-0.2, -0.15) is 0 Å². The molecule has 1 nitrogen and oxygen atoms in total. The van der Waals surface area contributed by atoms with Crippen LogP contribution in [-0.4, -0.2) is 0 Å². The van der Waals surface area contributed by atoms with Gasteiger partial charge in [-0.05, 0) is 74.8 Å². The molecule has 4 aliphatic rings. The molecule has 2 heteroatoms. The zero-order valence-electron chi connectivity index (χ0n) is 11.2. The van der Waals surface area contributed by atoms with Crippen LogP contribution in [0.2, 0.25) is 0 Å². The first-order valence-corrected chi connectivity index (χ1v) is 8.30. The van der Waals surface area contributed by atoms with Gasteiger partial charge in [-0.1, -0.05) is 0 Å². The summed E-state index contributed by atoms with van der Waals surface area (Å²) in [5, 5.41) is 0. The van der Waals surface area contributed by atoms with Gasteiger partial charge in [0.15, 0.2) is 0 Å². The van der Waals surface area contributed by atoms with E-state index in [9.17, 15) is 0 Å². The molecular weight excluding hydrogens is 238 g/mol. The van der Waals surface area contributed by atoms with Crippen molar-refractivity contribution in [3.63, 3.8) is 0 Å². The summed E-state index contributed by atoms with van der Waals surface area (Å²) in [6.07, 6.45) is 9.03. The summed E-state index contributed by atoms with van der Waals surface area (Å²) < 4.78 is 0. The van der Waals surface area contributed by atoms with E-state index < -0.39 is 0 Å². The maximum absolute atomic E-state index is 5.86. The van der Waals surface area contributed by atoms with Gasteiger partial charge in [0.25, 0.3) is 0 Å². The van der Waals surface area contributed by atoms with E-state index in [1.807, 2.05) is 11.3 Å². The second-order valence-corrected chi connectivity index (χ2v) is 8.35. The van der Waals surface area contributed by atoms with Crippen molar-refractivity contribution < 1.29 is 0 Å². The molecule has 4 aliphatic carbocycles. The number of nitrogens with two attached hydrogens (primary N) is 1. The molecule has 18 heavy (non-hydrogen) atoms. The maximum Gasteiger partial charge on any atom is 0.0189 e. The molecule has 5 rings (SSSR count). The van der Waals surface area contributed by atoms with Gasteiger partial charge < -0.3 is 5.73 Å². The fourth-order valence-corrected chi connectivity index (χ4v) is 6.67. The van der Waals surface area contributed by atoms with E-state index in [4.69, 9.17) is 5.73 Å². The summed E-state index contributed by atoms with van der Waals surface area (Å²) >= 11 is 2.05. The summed E-state index contributed by atoms with van der Waals surface area (Å²) in [6.45, 7) is 2.96. The molecule has 1 aromatic heterocycles. The van der Waals surface area contributed by atoms with Crippen molar-refractivity contribution in [1.82, 2.24) is 0 Å². The fraction of sp³-hybridized carbons (Fsp3) is 0.750. The van der Waals surface area contributed by atoms with E-state index in [2.05, 4.69) is 13.0 Å². The molecular formula is C16H23NS. The normalized spacial score (nSPS) is 41.6. The van der Waals surface area contributed by atoms with Gasteiger partial charge >= 0.3 is 0 Å². The predicted molar refractivity (Wildman–Crippen MR) is 76.8 cm³/mol. The van der Waals surface area contributed by atoms with Crippen molar-refractivity contribution in [2.24, 2.45) is 23.5 Å². The molecule has 0 atom stereocenters. The monoisotopic (exact) mass is 261 g/mol. The summed E-state index contributed by atoms with van der Waals surface area (Å²) in [5.41, 5.74) is 7.82. The molecule has 98 valence electrons. The molecule has 1 aromatic rings. The van der Waals surface area contributed by atoms with Crippen LogP contribution in [0, 0.1) is 24.7 Å². The first-order chi connectivity index (χ1) is 8.68. The van der Waals surface area contributed by atoms with Crippen molar-refractivity contribution in [2.75, 3.05) is 0 Å². The average molecular weight is 261 g/mol. The third-order valence-electron chi connectivity index (χ3n) is 5.80. The summed E-state index contributed by atoms with van der Waals surface area (Å²) in [6, 6.07) is 2.45. The summed E-state index contributed by atoms with van der Waals surface area (Å²) in [7, 11) is 0. The Morgan fingerprint density at radius 3 is 2.17 bits per heavy atom. The van der Waals surface area contributed by atoms with Crippen LogP contribution in [0.5, 0.6) is 0 Å². The van der Waals surface area contributed by atoms with Gasteiger partial charge in [-0.15, -0.1) is 11.3 Å². The number of aryl methyl sites for hydroxylation is 1. The van der Waals surface area contributed by atoms with E-state index in [1.54, 1.807) is 4.88 Å². The maximum atomic E-state index is 5.86. The molecule has 0 aromatic carbocycles. The van der Waals surface area contributed by atoms with E-state index >= 15 is 0 Å². The van der Waals surface area contributed by atoms with Gasteiger partial charge in [0.2, 0.25) is 0 Å². The molecule has 0 aliphatic heterocycles. The zero-order chi connectivity index (χ0) is 12.3.